The van der Waals surface area contributed by atoms with Gasteiger partial charge in [0.1, 0.15) is 47.7 Å². The molecule has 103 heavy (non-hydrogen) atoms. The Kier molecular flexibility index (Phi) is 30.7. The zero-order valence-corrected chi connectivity index (χ0v) is 55.7. The van der Waals surface area contributed by atoms with Gasteiger partial charge in [-0.1, -0.05) is 83.2 Å². The van der Waals surface area contributed by atoms with Gasteiger partial charge >= 0.3 is 46.4 Å². The highest BCUT2D eigenvalue weighted by Crippen LogP contribution is 2.45. The molecule has 32 nitrogen and oxygen atoms in total. The van der Waals surface area contributed by atoms with Crippen molar-refractivity contribution in [1.29, 1.82) is 0 Å². The maximum atomic E-state index is 14.2. The molecule has 8 heterocycles. The summed E-state index contributed by atoms with van der Waals surface area (Å²) in [7, 11) is 0. The number of aliphatic hydroxyl groups excluding tert-OH is 8. The second-order valence-corrected chi connectivity index (χ2v) is 23.9. The number of benzene rings is 1. The number of alkyl halides is 8. The van der Waals surface area contributed by atoms with E-state index in [-0.39, 0.29) is 72.6 Å². The van der Waals surface area contributed by atoms with Crippen LogP contribution in [0.25, 0.3) is 0 Å². The molecule has 570 valence electrons. The molecule has 4 aliphatic heterocycles. The molecule has 12 N–H and O–H groups in total. The van der Waals surface area contributed by atoms with Crippen molar-refractivity contribution in [2.24, 2.45) is 0 Å². The number of hydrogen-bond acceptors (Lipinski definition) is 24. The van der Waals surface area contributed by atoms with Gasteiger partial charge in [-0.2, -0.15) is 55.1 Å². The van der Waals surface area contributed by atoms with E-state index in [0.29, 0.717) is 50.4 Å². The molecule has 4 fully saturated rings. The van der Waals surface area contributed by atoms with Crippen molar-refractivity contribution in [2.45, 2.75) is 208 Å². The Balaban J connectivity index is 0.000000217. The third-order valence-electron chi connectivity index (χ3n) is 16.1. The third-order valence-corrected chi connectivity index (χ3v) is 16.1. The average molecular weight is 1480 g/mol. The number of hydrogen-bond donors (Lipinski definition) is 12. The number of amides is 4. The number of halogens is 8. The lowest BCUT2D eigenvalue weighted by Gasteiger charge is -2.21. The van der Waals surface area contributed by atoms with Crippen LogP contribution in [0.5, 0.6) is 0 Å². The summed E-state index contributed by atoms with van der Waals surface area (Å²) < 4.78 is 134. The lowest BCUT2D eigenvalue weighted by Crippen LogP contribution is -2.41. The first-order chi connectivity index (χ1) is 48.7. The minimum Gasteiger partial charge on any atom is -0.394 e. The van der Waals surface area contributed by atoms with Crippen molar-refractivity contribution < 1.29 is 114 Å². The number of carbonyl (C=O) groups is 4. The molecule has 0 aliphatic carbocycles. The van der Waals surface area contributed by atoms with Gasteiger partial charge in [0, 0.05) is 50.5 Å². The Bertz CT molecular complexity index is 3860. The Hall–Kier alpha value is -8.42. The number of anilines is 4. The second-order valence-electron chi connectivity index (χ2n) is 23.9. The van der Waals surface area contributed by atoms with E-state index in [1.54, 1.807) is 6.92 Å². The van der Waals surface area contributed by atoms with Crippen molar-refractivity contribution in [1.82, 2.24) is 38.2 Å². The number of aliphatic hydroxyl groups is 8. The summed E-state index contributed by atoms with van der Waals surface area (Å²) in [5, 5.41) is 83.6. The van der Waals surface area contributed by atoms with Crippen molar-refractivity contribution in [3.8, 4) is 0 Å². The number of nitrogens with one attached hydrogen (secondary N) is 4. The SMILES string of the molecule is CCCC(=O)Nc1ccn([C@@H]2O[C@H](CO)C(O)C2(F)F)c(=O)n1.CCCCC(=O)Nc1ccn([C@@H]2O[C@H](CO)C(O)C2(F)F)c(=O)n1.CCCCCCCC(=O)Nc1ccn([C@@H]2O[C@H](CO)C(O)C2(F)F)c(=O)n1.O=C(CCCc1ccccc1)Nc1ccn([C@@H]2O[C@H](CO)C(O)C2(F)F)c(=O)n1. The molecular formula is C63H82F8N12O20. The summed E-state index contributed by atoms with van der Waals surface area (Å²) in [6.45, 7) is 2.53. The van der Waals surface area contributed by atoms with Crippen LogP contribution < -0.4 is 44.0 Å². The molecule has 0 saturated carbocycles. The van der Waals surface area contributed by atoms with E-state index in [1.165, 1.54) is 24.3 Å². The minimum atomic E-state index is -3.79. The molecule has 0 bridgehead atoms. The topological polar surface area (TPSA) is 455 Å². The van der Waals surface area contributed by atoms with Crippen LogP contribution in [-0.4, -0.2) is 202 Å². The molecule has 5 aromatic rings. The quantitative estimate of drug-likeness (QED) is 0.0265. The summed E-state index contributed by atoms with van der Waals surface area (Å²) in [5.74, 6) is -16.7. The van der Waals surface area contributed by atoms with Gasteiger partial charge in [0.25, 0.3) is 0 Å². The van der Waals surface area contributed by atoms with Gasteiger partial charge in [-0.3, -0.25) is 37.4 Å². The summed E-state index contributed by atoms with van der Waals surface area (Å²) in [6, 6.07) is 14.4. The molecule has 0 spiro atoms. The minimum absolute atomic E-state index is 0.0459. The number of aryl methyl sites for hydroxylation is 1. The van der Waals surface area contributed by atoms with Gasteiger partial charge in [0.2, 0.25) is 48.5 Å². The summed E-state index contributed by atoms with van der Waals surface area (Å²) in [4.78, 5) is 109. The first-order valence-corrected chi connectivity index (χ1v) is 32.6. The Morgan fingerprint density at radius 3 is 0.922 bits per heavy atom. The van der Waals surface area contributed by atoms with Gasteiger partial charge in [-0.25, -0.2) is 19.2 Å². The fourth-order valence-electron chi connectivity index (χ4n) is 10.5. The molecule has 4 amide bonds. The van der Waals surface area contributed by atoms with Crippen LogP contribution in [0.1, 0.15) is 135 Å². The van der Waals surface area contributed by atoms with E-state index in [9.17, 15) is 93.9 Å². The van der Waals surface area contributed by atoms with Crippen LogP contribution >= 0.6 is 0 Å². The van der Waals surface area contributed by atoms with Gasteiger partial charge in [-0.15, -0.1) is 0 Å². The predicted octanol–water partition coefficient (Wildman–Crippen LogP) is 2.64. The molecular weight excluding hydrogens is 1400 g/mol. The van der Waals surface area contributed by atoms with Crippen molar-refractivity contribution in [3.63, 3.8) is 0 Å². The van der Waals surface area contributed by atoms with Gasteiger partial charge in [0.05, 0.1) is 26.4 Å². The van der Waals surface area contributed by atoms with Crippen LogP contribution in [0, 0.1) is 0 Å². The molecule has 40 heteroatoms. The van der Waals surface area contributed by atoms with Crippen LogP contribution in [0.3, 0.4) is 0 Å². The fourth-order valence-corrected chi connectivity index (χ4v) is 10.5. The highest BCUT2D eigenvalue weighted by Gasteiger charge is 2.62. The zero-order valence-electron chi connectivity index (χ0n) is 55.7. The predicted molar refractivity (Wildman–Crippen MR) is 343 cm³/mol. The molecule has 4 saturated heterocycles. The van der Waals surface area contributed by atoms with Crippen molar-refractivity contribution in [2.75, 3.05) is 47.7 Å². The molecule has 4 aromatic heterocycles. The van der Waals surface area contributed by atoms with E-state index < -0.39 is 147 Å². The zero-order chi connectivity index (χ0) is 76.1. The smallest absolute Gasteiger partial charge is 0.351 e. The summed E-state index contributed by atoms with van der Waals surface area (Å²) in [5.41, 5.74) is -3.19. The fraction of sp³-hybridized carbons (Fsp3) is 0.587. The number of rotatable bonds is 27. The van der Waals surface area contributed by atoms with E-state index in [2.05, 4.69) is 48.1 Å². The number of unbranched alkanes of at least 4 members (excludes halogenated alkanes) is 5. The Morgan fingerprint density at radius 1 is 0.388 bits per heavy atom. The van der Waals surface area contributed by atoms with Crippen LogP contribution in [-0.2, 0) is 44.5 Å². The number of ether oxygens (including phenoxy) is 4. The summed E-state index contributed by atoms with van der Waals surface area (Å²) in [6.07, 6.45) is -10.1. The molecule has 12 atom stereocenters. The standard InChI is InChI=1S/C19H21F2N3O5.C17H25F2N3O5.C14H19F2N3O5.C13H17F2N3O5/c20-19(21)16(27)13(11-25)29-17(19)24-10-9-14(23-18(24)28)22-15(26)8-4-7-12-5-2-1-3-6-12;1-2-3-4-5-6-7-13(24)20-12-8-9-22(16(26)21-12)15-17(18,19)14(25)11(10-23)27-15;1-2-3-4-10(21)17-9-5-6-19(13(23)18-9)12-14(15,16)11(22)8(7-20)24-12;1-2-3-9(20)16-8-4-5-18(12(22)17-8)11-13(14,15)10(21)7(6-19)23-11/h1-3,5-6,9-10,13,16-17,25,27H,4,7-8,11H2,(H,22,23,26,28);8-9,11,14-15,23,25H,2-7,10H2,1H3,(H,20,21,24,26);5-6,8,11-12,20,22H,2-4,7H2,1H3,(H,17,18,21,23);4-5,7,10-11,19,21H,2-3,6H2,1H3,(H,16,17,20,22)/t13-,16?,17-;11-,14?,15-;8-,11?,12-;7-,10?,11-/m1111/s1. The normalized spacial score (nSPS) is 24.7. The van der Waals surface area contributed by atoms with Gasteiger partial charge in [-0.05, 0) is 61.9 Å². The number of aromatic nitrogens is 8. The first kappa shape index (κ1) is 83.5. The van der Waals surface area contributed by atoms with Crippen molar-refractivity contribution >= 4 is 46.9 Å². The van der Waals surface area contributed by atoms with E-state index in [0.717, 1.165) is 62.5 Å². The van der Waals surface area contributed by atoms with Crippen molar-refractivity contribution in [3.05, 3.63) is 127 Å². The Labute approximate surface area is 580 Å². The first-order valence-electron chi connectivity index (χ1n) is 32.6. The maximum Gasteiger partial charge on any atom is 0.351 e. The van der Waals surface area contributed by atoms with E-state index in [1.807, 2.05) is 37.3 Å². The molecule has 1 aromatic carbocycles. The highest BCUT2D eigenvalue weighted by molar-refractivity contribution is 5.91. The van der Waals surface area contributed by atoms with E-state index >= 15 is 0 Å². The second kappa shape index (κ2) is 37.8. The lowest BCUT2D eigenvalue weighted by molar-refractivity contribution is -0.141. The highest BCUT2D eigenvalue weighted by atomic mass is 19.3. The largest absolute Gasteiger partial charge is 0.394 e. The van der Waals surface area contributed by atoms with E-state index in [4.69, 9.17) is 39.4 Å². The maximum absolute atomic E-state index is 14.2. The average Bonchev–Trinajstić information content (AvgIpc) is 1.65. The van der Waals surface area contributed by atoms with Crippen LogP contribution in [0.2, 0.25) is 0 Å². The van der Waals surface area contributed by atoms with Crippen LogP contribution in [0.4, 0.5) is 58.4 Å². The third kappa shape index (κ3) is 21.4. The molecule has 4 unspecified atom stereocenters. The lowest BCUT2D eigenvalue weighted by atomic mass is 10.1. The number of nitrogens with zero attached hydrogens (tertiary/aromatic N) is 8. The van der Waals surface area contributed by atoms with Crippen LogP contribution in [0.15, 0.2) is 98.6 Å². The Morgan fingerprint density at radius 2 is 0.660 bits per heavy atom. The molecule has 0 radical (unpaired) electrons. The number of carbonyl (C=O) groups excluding carboxylic acids is 4. The van der Waals surface area contributed by atoms with Gasteiger partial charge in [0.15, 0.2) is 24.4 Å². The monoisotopic (exact) mass is 1480 g/mol. The summed E-state index contributed by atoms with van der Waals surface area (Å²) >= 11 is 0. The molecule has 9 rings (SSSR count). The molecule has 4 aliphatic rings. The van der Waals surface area contributed by atoms with Gasteiger partial charge < -0.3 is 81.1 Å².